The number of hydrogen-bond donors (Lipinski definition) is 2. The van der Waals surface area contributed by atoms with Crippen molar-refractivity contribution in [3.63, 3.8) is 0 Å². The summed E-state index contributed by atoms with van der Waals surface area (Å²) in [5.41, 5.74) is -0.0741. The normalized spacial score (nSPS) is 30.0. The van der Waals surface area contributed by atoms with E-state index in [1.807, 2.05) is 0 Å². The van der Waals surface area contributed by atoms with Gasteiger partial charge in [-0.05, 0) is 19.3 Å². The molecule has 2 rings (SSSR count). The van der Waals surface area contributed by atoms with Gasteiger partial charge in [0.2, 0.25) is 0 Å². The van der Waals surface area contributed by atoms with Crippen LogP contribution < -0.4 is 5.32 Å². The molecular formula is C16H28N2O4. The van der Waals surface area contributed by atoms with Gasteiger partial charge < -0.3 is 20.1 Å². The first-order valence-electron chi connectivity index (χ1n) is 8.26. The second kappa shape index (κ2) is 6.86. The standard InChI is InChI=1S/C16H28N2O4/c1-4-5-8-22-13-9-12(16(13,2)3)17-15(21)18-7-6-11(10-18)14(19)20/h11-13H,4-10H2,1-3H3,(H,17,21)(H,19,20). The lowest BCUT2D eigenvalue weighted by Gasteiger charge is -2.51. The molecule has 1 aliphatic carbocycles. The molecule has 2 N–H and O–H groups in total. The van der Waals surface area contributed by atoms with Gasteiger partial charge in [-0.2, -0.15) is 0 Å². The number of unbranched alkanes of at least 4 members (excludes halogenated alkanes) is 1. The minimum absolute atomic E-state index is 0.0741. The molecule has 0 spiro atoms. The van der Waals surface area contributed by atoms with Crippen molar-refractivity contribution < 1.29 is 19.4 Å². The van der Waals surface area contributed by atoms with Crippen molar-refractivity contribution in [1.29, 1.82) is 0 Å². The molecule has 6 nitrogen and oxygen atoms in total. The smallest absolute Gasteiger partial charge is 0.317 e. The number of amides is 2. The highest BCUT2D eigenvalue weighted by atomic mass is 16.5. The van der Waals surface area contributed by atoms with Gasteiger partial charge in [0.15, 0.2) is 0 Å². The van der Waals surface area contributed by atoms with Gasteiger partial charge in [0.05, 0.1) is 12.0 Å². The number of carbonyl (C=O) groups is 2. The molecule has 2 amide bonds. The number of ether oxygens (including phenoxy) is 1. The zero-order chi connectivity index (χ0) is 16.3. The van der Waals surface area contributed by atoms with Crippen LogP contribution in [0.2, 0.25) is 0 Å². The maximum Gasteiger partial charge on any atom is 0.317 e. The topological polar surface area (TPSA) is 78.9 Å². The van der Waals surface area contributed by atoms with Gasteiger partial charge in [0.25, 0.3) is 0 Å². The quantitative estimate of drug-likeness (QED) is 0.736. The Bertz CT molecular complexity index is 424. The highest BCUT2D eigenvalue weighted by Gasteiger charge is 2.50. The Balaban J connectivity index is 1.78. The van der Waals surface area contributed by atoms with Gasteiger partial charge in [-0.3, -0.25) is 4.79 Å². The predicted molar refractivity (Wildman–Crippen MR) is 82.7 cm³/mol. The van der Waals surface area contributed by atoms with Crippen LogP contribution in [-0.4, -0.2) is 53.8 Å². The van der Waals surface area contributed by atoms with Crippen LogP contribution >= 0.6 is 0 Å². The number of hydrogen-bond acceptors (Lipinski definition) is 3. The summed E-state index contributed by atoms with van der Waals surface area (Å²) in [5.74, 6) is -1.24. The molecule has 3 atom stereocenters. The number of urea groups is 1. The van der Waals surface area contributed by atoms with Crippen LogP contribution in [0.5, 0.6) is 0 Å². The highest BCUT2D eigenvalue weighted by Crippen LogP contribution is 2.43. The minimum atomic E-state index is -0.816. The molecule has 1 saturated heterocycles. The van der Waals surface area contributed by atoms with E-state index in [1.165, 1.54) is 0 Å². The number of nitrogens with one attached hydrogen (secondary N) is 1. The summed E-state index contributed by atoms with van der Waals surface area (Å²) < 4.78 is 5.88. The number of carbonyl (C=O) groups excluding carboxylic acids is 1. The van der Waals surface area contributed by atoms with E-state index >= 15 is 0 Å². The molecule has 0 aromatic rings. The molecule has 1 aliphatic heterocycles. The van der Waals surface area contributed by atoms with E-state index in [4.69, 9.17) is 9.84 Å². The van der Waals surface area contributed by atoms with Gasteiger partial charge in [-0.1, -0.05) is 27.2 Å². The van der Waals surface area contributed by atoms with Crippen LogP contribution in [0.15, 0.2) is 0 Å². The first kappa shape index (κ1) is 17.1. The Morgan fingerprint density at radius 3 is 2.68 bits per heavy atom. The Morgan fingerprint density at radius 2 is 2.14 bits per heavy atom. The summed E-state index contributed by atoms with van der Waals surface area (Å²) in [7, 11) is 0. The summed E-state index contributed by atoms with van der Waals surface area (Å²) in [6.07, 6.45) is 3.74. The Morgan fingerprint density at radius 1 is 1.41 bits per heavy atom. The van der Waals surface area contributed by atoms with Crippen molar-refractivity contribution in [1.82, 2.24) is 10.2 Å². The van der Waals surface area contributed by atoms with E-state index in [0.717, 1.165) is 25.9 Å². The van der Waals surface area contributed by atoms with Crippen molar-refractivity contribution >= 4 is 12.0 Å². The molecule has 0 aromatic heterocycles. The van der Waals surface area contributed by atoms with Crippen LogP contribution in [0.25, 0.3) is 0 Å². The summed E-state index contributed by atoms with van der Waals surface area (Å²) in [6.45, 7) is 7.97. The Kier molecular flexibility index (Phi) is 5.32. The predicted octanol–water partition coefficient (Wildman–Crippen LogP) is 2.09. The molecule has 22 heavy (non-hydrogen) atoms. The fourth-order valence-corrected chi connectivity index (χ4v) is 3.17. The first-order valence-corrected chi connectivity index (χ1v) is 8.26. The van der Waals surface area contributed by atoms with Crippen molar-refractivity contribution in [2.45, 2.75) is 58.6 Å². The van der Waals surface area contributed by atoms with Gasteiger partial charge in [-0.15, -0.1) is 0 Å². The third kappa shape index (κ3) is 3.54. The van der Waals surface area contributed by atoms with E-state index in [-0.39, 0.29) is 23.6 Å². The van der Waals surface area contributed by atoms with Crippen molar-refractivity contribution in [2.75, 3.05) is 19.7 Å². The highest BCUT2D eigenvalue weighted by molar-refractivity contribution is 5.77. The molecule has 0 bridgehead atoms. The molecule has 3 unspecified atom stereocenters. The van der Waals surface area contributed by atoms with E-state index in [1.54, 1.807) is 4.90 Å². The Hall–Kier alpha value is -1.30. The molecule has 6 heteroatoms. The zero-order valence-electron chi connectivity index (χ0n) is 13.8. The molecule has 2 aliphatic rings. The van der Waals surface area contributed by atoms with Crippen molar-refractivity contribution in [2.24, 2.45) is 11.3 Å². The summed E-state index contributed by atoms with van der Waals surface area (Å²) in [4.78, 5) is 24.8. The monoisotopic (exact) mass is 312 g/mol. The van der Waals surface area contributed by atoms with Crippen LogP contribution in [0.4, 0.5) is 4.79 Å². The number of likely N-dealkylation sites (tertiary alicyclic amines) is 1. The van der Waals surface area contributed by atoms with Crippen molar-refractivity contribution in [3.05, 3.63) is 0 Å². The first-order chi connectivity index (χ1) is 10.4. The van der Waals surface area contributed by atoms with Crippen LogP contribution in [0.1, 0.15) is 46.5 Å². The molecule has 126 valence electrons. The maximum absolute atomic E-state index is 12.3. The number of carboxylic acids is 1. The average molecular weight is 312 g/mol. The van der Waals surface area contributed by atoms with Crippen LogP contribution in [-0.2, 0) is 9.53 Å². The van der Waals surface area contributed by atoms with Crippen LogP contribution in [0, 0.1) is 11.3 Å². The fraction of sp³-hybridized carbons (Fsp3) is 0.875. The second-order valence-electron chi connectivity index (χ2n) is 7.04. The largest absolute Gasteiger partial charge is 0.481 e. The minimum Gasteiger partial charge on any atom is -0.481 e. The fourth-order valence-electron chi connectivity index (χ4n) is 3.17. The molecule has 1 saturated carbocycles. The number of nitrogens with zero attached hydrogens (tertiary/aromatic N) is 1. The lowest BCUT2D eigenvalue weighted by Crippen LogP contribution is -2.63. The lowest BCUT2D eigenvalue weighted by atomic mass is 9.64. The summed E-state index contributed by atoms with van der Waals surface area (Å²) in [5, 5.41) is 12.0. The number of aliphatic carboxylic acids is 1. The number of carboxylic acid groups (broad SMARTS) is 1. The van der Waals surface area contributed by atoms with Gasteiger partial charge >= 0.3 is 12.0 Å². The van der Waals surface area contributed by atoms with Crippen molar-refractivity contribution in [3.8, 4) is 0 Å². The van der Waals surface area contributed by atoms with Gasteiger partial charge in [0, 0.05) is 31.2 Å². The number of rotatable bonds is 6. The summed E-state index contributed by atoms with van der Waals surface area (Å²) >= 11 is 0. The molecule has 2 fully saturated rings. The second-order valence-corrected chi connectivity index (χ2v) is 7.04. The Labute approximate surface area is 132 Å². The van der Waals surface area contributed by atoms with E-state index in [9.17, 15) is 9.59 Å². The van der Waals surface area contributed by atoms with E-state index < -0.39 is 11.9 Å². The zero-order valence-corrected chi connectivity index (χ0v) is 13.8. The van der Waals surface area contributed by atoms with Gasteiger partial charge in [-0.25, -0.2) is 4.79 Å². The third-order valence-electron chi connectivity index (χ3n) is 5.12. The molecule has 0 aromatic carbocycles. The van der Waals surface area contributed by atoms with Crippen LogP contribution in [0.3, 0.4) is 0 Å². The van der Waals surface area contributed by atoms with Gasteiger partial charge in [0.1, 0.15) is 0 Å². The SMILES string of the molecule is CCCCOC1CC(NC(=O)N2CCC(C(=O)O)C2)C1(C)C. The molecular weight excluding hydrogens is 284 g/mol. The van der Waals surface area contributed by atoms with E-state index in [0.29, 0.717) is 19.5 Å². The molecule has 1 heterocycles. The van der Waals surface area contributed by atoms with E-state index in [2.05, 4.69) is 26.1 Å². The maximum atomic E-state index is 12.3. The molecule has 0 radical (unpaired) electrons. The summed E-state index contributed by atoms with van der Waals surface area (Å²) in [6, 6.07) is -0.0515. The third-order valence-corrected chi connectivity index (χ3v) is 5.12. The average Bonchev–Trinajstić information content (AvgIpc) is 2.95. The lowest BCUT2D eigenvalue weighted by molar-refractivity contribution is -0.141.